The molecule has 0 bridgehead atoms. The van der Waals surface area contributed by atoms with Crippen molar-refractivity contribution in [1.29, 1.82) is 0 Å². The second kappa shape index (κ2) is 7.65. The maximum atomic E-state index is 8.77. The molecule has 0 aromatic rings. The first kappa shape index (κ1) is 23.4. The van der Waals surface area contributed by atoms with Gasteiger partial charge in [-0.25, -0.2) is 0 Å². The molecule has 0 aromatic carbocycles. The Morgan fingerprint density at radius 1 is 1.25 bits per heavy atom. The smallest absolute Gasteiger partial charge is 0.756 e. The van der Waals surface area contributed by atoms with Crippen LogP contribution in [0.3, 0.4) is 0 Å². The molecule has 0 heterocycles. The van der Waals surface area contributed by atoms with Crippen molar-refractivity contribution in [1.82, 2.24) is 0 Å². The third kappa shape index (κ3) is 498. The zero-order valence-corrected chi connectivity index (χ0v) is 7.73. The van der Waals surface area contributed by atoms with Gasteiger partial charge in [-0.2, -0.15) is 0 Å². The van der Waals surface area contributed by atoms with E-state index in [2.05, 4.69) is 0 Å². The molecule has 0 aromatic heterocycles. The van der Waals surface area contributed by atoms with Gasteiger partial charge in [-0.1, -0.05) is 0 Å². The summed E-state index contributed by atoms with van der Waals surface area (Å²) in [6.45, 7) is 0. The third-order valence-electron chi connectivity index (χ3n) is 0. The van der Waals surface area contributed by atoms with E-state index in [1.54, 1.807) is 0 Å². The molecular weight excluding hydrogens is 192 g/mol. The first-order valence-corrected chi connectivity index (χ1v) is 2.30. The minimum Gasteiger partial charge on any atom is -0.756 e. The summed E-state index contributed by atoms with van der Waals surface area (Å²) in [6.07, 6.45) is 0. The van der Waals surface area contributed by atoms with Crippen LogP contribution in [0.4, 0.5) is 0 Å². The van der Waals surface area contributed by atoms with Crippen molar-refractivity contribution < 1.29 is 49.7 Å². The Kier molecular flexibility index (Phi) is 22.4. The van der Waals surface area contributed by atoms with Gasteiger partial charge in [-0.15, -0.1) is 0 Å². The SMILES string of the molecule is O.O.O=P([O-])(O)O.[Zn+2]. The Balaban J connectivity index is -0.0000000267. The van der Waals surface area contributed by atoms with Crippen LogP contribution in [0.15, 0.2) is 0 Å². The molecule has 0 saturated heterocycles. The van der Waals surface area contributed by atoms with E-state index in [1.165, 1.54) is 0 Å². The van der Waals surface area contributed by atoms with E-state index in [-0.39, 0.29) is 30.4 Å². The van der Waals surface area contributed by atoms with Crippen LogP contribution >= 0.6 is 7.82 Å². The number of hydrogen-bond donors (Lipinski definition) is 2. The van der Waals surface area contributed by atoms with Crippen LogP contribution in [-0.4, -0.2) is 20.7 Å². The van der Waals surface area contributed by atoms with Crippen LogP contribution < -0.4 is 4.89 Å². The molecule has 0 saturated carbocycles. The molecule has 0 amide bonds. The molecule has 48 valence electrons. The summed E-state index contributed by atoms with van der Waals surface area (Å²) in [7, 11) is -4.89. The largest absolute Gasteiger partial charge is 2.00 e. The van der Waals surface area contributed by atoms with Crippen LogP contribution in [-0.2, 0) is 24.0 Å². The van der Waals surface area contributed by atoms with Gasteiger partial charge < -0.3 is 25.6 Å². The molecule has 8 heavy (non-hydrogen) atoms. The molecule has 0 spiro atoms. The van der Waals surface area contributed by atoms with E-state index in [4.69, 9.17) is 19.2 Å². The molecule has 6 nitrogen and oxygen atoms in total. The molecule has 0 unspecified atom stereocenters. The maximum absolute atomic E-state index is 8.77. The first-order valence-electron chi connectivity index (χ1n) is 0.765. The topological polar surface area (TPSA) is 144 Å². The van der Waals surface area contributed by atoms with Gasteiger partial charge in [0.1, 0.15) is 0 Å². The van der Waals surface area contributed by atoms with E-state index in [1.807, 2.05) is 0 Å². The zero-order valence-electron chi connectivity index (χ0n) is 3.87. The molecule has 0 rings (SSSR count). The minimum absolute atomic E-state index is 0. The maximum Gasteiger partial charge on any atom is 2.00 e. The van der Waals surface area contributed by atoms with Gasteiger partial charge in [-0.05, 0) is 0 Å². The fourth-order valence-electron chi connectivity index (χ4n) is 0. The van der Waals surface area contributed by atoms with E-state index in [0.717, 1.165) is 0 Å². The molecule has 0 aliphatic heterocycles. The summed E-state index contributed by atoms with van der Waals surface area (Å²) in [5.41, 5.74) is 0. The summed E-state index contributed by atoms with van der Waals surface area (Å²) >= 11 is 0. The van der Waals surface area contributed by atoms with Gasteiger partial charge in [0, 0.05) is 0 Å². The number of phosphoric acid groups is 1. The Bertz CT molecular complexity index is 54.7. The van der Waals surface area contributed by atoms with Gasteiger partial charge in [0.25, 0.3) is 7.82 Å². The van der Waals surface area contributed by atoms with Crippen LogP contribution in [0, 0.1) is 0 Å². The molecule has 8 heteroatoms. The van der Waals surface area contributed by atoms with Gasteiger partial charge in [-0.3, -0.25) is 4.57 Å². The average Bonchev–Trinajstić information content (AvgIpc) is 0.722. The van der Waals surface area contributed by atoms with Crippen LogP contribution in [0.25, 0.3) is 0 Å². The minimum atomic E-state index is -4.89. The number of hydrogen-bond acceptors (Lipinski definition) is 2. The van der Waals surface area contributed by atoms with Gasteiger partial charge in [0.15, 0.2) is 0 Å². The Morgan fingerprint density at radius 2 is 1.25 bits per heavy atom. The van der Waals surface area contributed by atoms with Crippen molar-refractivity contribution in [2.45, 2.75) is 0 Å². The second-order valence-electron chi connectivity index (χ2n) is 0.491. The molecule has 0 fully saturated rings. The van der Waals surface area contributed by atoms with E-state index >= 15 is 0 Å². The quantitative estimate of drug-likeness (QED) is 0.312. The standard InChI is InChI=1S/H3O4P.2H2O.Zn/c1-5(2,3)4;;;/h(H3,1,2,3,4);2*1H2;/q;;;+2/p-1. The fourth-order valence-corrected chi connectivity index (χ4v) is 0. The molecule has 6 N–H and O–H groups in total. The Labute approximate surface area is 58.2 Å². The van der Waals surface area contributed by atoms with Crippen LogP contribution in [0.5, 0.6) is 0 Å². The van der Waals surface area contributed by atoms with Gasteiger partial charge in [0.2, 0.25) is 0 Å². The Hall–Kier alpha value is 0.653. The van der Waals surface area contributed by atoms with Crippen molar-refractivity contribution in [3.05, 3.63) is 0 Å². The van der Waals surface area contributed by atoms with Crippen molar-refractivity contribution in [3.8, 4) is 0 Å². The predicted molar refractivity (Wildman–Crippen MR) is 19.3 cm³/mol. The number of rotatable bonds is 0. The average molecular weight is 198 g/mol. The summed E-state index contributed by atoms with van der Waals surface area (Å²) in [5, 5.41) is 0. The Morgan fingerprint density at radius 3 is 1.25 bits per heavy atom. The predicted octanol–water partition coefficient (Wildman–Crippen LogP) is -3.21. The molecule has 0 atom stereocenters. The molecular formula is H6O6PZn+. The summed E-state index contributed by atoms with van der Waals surface area (Å²) in [4.78, 5) is 22.9. The molecule has 0 radical (unpaired) electrons. The van der Waals surface area contributed by atoms with Crippen molar-refractivity contribution in [2.24, 2.45) is 0 Å². The first-order chi connectivity index (χ1) is 2.00. The van der Waals surface area contributed by atoms with Crippen LogP contribution in [0.2, 0.25) is 0 Å². The van der Waals surface area contributed by atoms with Gasteiger partial charge in [0.05, 0.1) is 0 Å². The monoisotopic (exact) mass is 197 g/mol. The second-order valence-corrected chi connectivity index (χ2v) is 1.47. The van der Waals surface area contributed by atoms with E-state index < -0.39 is 7.82 Å². The fraction of sp³-hybridized carbons (Fsp3) is 0. The van der Waals surface area contributed by atoms with E-state index in [9.17, 15) is 0 Å². The van der Waals surface area contributed by atoms with Gasteiger partial charge >= 0.3 is 19.5 Å². The summed E-state index contributed by atoms with van der Waals surface area (Å²) < 4.78 is 8.77. The summed E-state index contributed by atoms with van der Waals surface area (Å²) in [6, 6.07) is 0. The van der Waals surface area contributed by atoms with E-state index in [0.29, 0.717) is 0 Å². The zero-order chi connectivity index (χ0) is 4.50. The molecule has 0 aliphatic rings. The van der Waals surface area contributed by atoms with Crippen LogP contribution in [0.1, 0.15) is 0 Å². The normalized spacial score (nSPS) is 7.38. The van der Waals surface area contributed by atoms with Crippen molar-refractivity contribution in [3.63, 3.8) is 0 Å². The van der Waals surface area contributed by atoms with Crippen molar-refractivity contribution in [2.75, 3.05) is 0 Å². The van der Waals surface area contributed by atoms with Crippen molar-refractivity contribution >= 4 is 7.82 Å². The molecule has 0 aliphatic carbocycles. The third-order valence-corrected chi connectivity index (χ3v) is 0. The summed E-state index contributed by atoms with van der Waals surface area (Å²) in [5.74, 6) is 0.